The number of carbonyl (C=O) groups is 1. The van der Waals surface area contributed by atoms with Crippen LogP contribution in [0.5, 0.6) is 0 Å². The Bertz CT molecular complexity index is 754. The Morgan fingerprint density at radius 2 is 2.16 bits per heavy atom. The van der Waals surface area contributed by atoms with Gasteiger partial charge in [-0.15, -0.1) is 11.3 Å². The van der Waals surface area contributed by atoms with Gasteiger partial charge in [-0.3, -0.25) is 4.79 Å². The number of hydrogen-bond acceptors (Lipinski definition) is 3. The number of ketones is 1. The third-order valence-electron chi connectivity index (χ3n) is 2.95. The number of carbonyl (C=O) groups excluding carboxylic acids is 1. The molecule has 0 saturated carbocycles. The van der Waals surface area contributed by atoms with Crippen molar-refractivity contribution in [3.63, 3.8) is 0 Å². The molecule has 0 spiro atoms. The second-order valence-electron chi connectivity index (χ2n) is 4.22. The molecule has 0 atom stereocenters. The molecule has 0 aliphatic heterocycles. The maximum absolute atomic E-state index is 12.3. The summed E-state index contributed by atoms with van der Waals surface area (Å²) in [4.78, 5) is 14.2. The van der Waals surface area contributed by atoms with E-state index < -0.39 is 0 Å². The molecule has 96 valence electrons. The van der Waals surface area contributed by atoms with Crippen LogP contribution in [-0.2, 0) is 6.42 Å². The molecule has 1 aromatic carbocycles. The lowest BCUT2D eigenvalue weighted by molar-refractivity contribution is 0.101. The van der Waals surface area contributed by atoms with Crippen molar-refractivity contribution >= 4 is 39.7 Å². The maximum atomic E-state index is 12.3. The van der Waals surface area contributed by atoms with E-state index in [1.165, 1.54) is 16.2 Å². The van der Waals surface area contributed by atoms with E-state index in [0.717, 1.165) is 11.8 Å². The van der Waals surface area contributed by atoms with Gasteiger partial charge in [0.15, 0.2) is 11.3 Å². The summed E-state index contributed by atoms with van der Waals surface area (Å²) in [7, 11) is 0. The number of thiophene rings is 1. The standard InChI is InChI=1S/C15H11ClO2S/c1-2-10-6-7-13(19-10)14(17)12-8-9-4-3-5-11(16)15(9)18-12/h3-8H,2H2,1H3. The van der Waals surface area contributed by atoms with Crippen LogP contribution in [0.1, 0.15) is 27.2 Å². The van der Waals surface area contributed by atoms with Crippen molar-refractivity contribution in [2.75, 3.05) is 0 Å². The van der Waals surface area contributed by atoms with Gasteiger partial charge in [-0.1, -0.05) is 30.7 Å². The molecule has 0 aliphatic carbocycles. The SMILES string of the molecule is CCc1ccc(C(=O)c2cc3cccc(Cl)c3o2)s1. The predicted molar refractivity (Wildman–Crippen MR) is 78.4 cm³/mol. The predicted octanol–water partition coefficient (Wildman–Crippen LogP) is 4.94. The molecule has 2 aromatic heterocycles. The van der Waals surface area contributed by atoms with Crippen LogP contribution in [0.3, 0.4) is 0 Å². The third-order valence-corrected chi connectivity index (χ3v) is 4.48. The average Bonchev–Trinajstić information content (AvgIpc) is 3.05. The summed E-state index contributed by atoms with van der Waals surface area (Å²) < 4.78 is 5.58. The van der Waals surface area contributed by atoms with Crippen LogP contribution in [0.25, 0.3) is 11.0 Å². The molecule has 3 aromatic rings. The molecular weight excluding hydrogens is 280 g/mol. The molecule has 0 fully saturated rings. The van der Waals surface area contributed by atoms with Crippen LogP contribution < -0.4 is 0 Å². The molecule has 4 heteroatoms. The minimum Gasteiger partial charge on any atom is -0.451 e. The first-order chi connectivity index (χ1) is 9.19. The number of hydrogen-bond donors (Lipinski definition) is 0. The van der Waals surface area contributed by atoms with E-state index in [2.05, 4.69) is 6.92 Å². The summed E-state index contributed by atoms with van der Waals surface area (Å²) in [6.45, 7) is 2.07. The summed E-state index contributed by atoms with van der Waals surface area (Å²) in [6.07, 6.45) is 0.934. The summed E-state index contributed by atoms with van der Waals surface area (Å²) in [5.74, 6) is 0.254. The maximum Gasteiger partial charge on any atom is 0.238 e. The Morgan fingerprint density at radius 1 is 1.32 bits per heavy atom. The van der Waals surface area contributed by atoms with Gasteiger partial charge in [-0.05, 0) is 30.7 Å². The molecule has 0 bridgehead atoms. The highest BCUT2D eigenvalue weighted by molar-refractivity contribution is 7.14. The van der Waals surface area contributed by atoms with Crippen molar-refractivity contribution < 1.29 is 9.21 Å². The van der Waals surface area contributed by atoms with Crippen molar-refractivity contribution in [2.45, 2.75) is 13.3 Å². The molecule has 2 nitrogen and oxygen atoms in total. The van der Waals surface area contributed by atoms with Crippen LogP contribution in [-0.4, -0.2) is 5.78 Å². The Labute approximate surface area is 119 Å². The van der Waals surface area contributed by atoms with Gasteiger partial charge in [0, 0.05) is 10.3 Å². The smallest absolute Gasteiger partial charge is 0.238 e. The molecule has 0 radical (unpaired) electrons. The summed E-state index contributed by atoms with van der Waals surface area (Å²) in [5, 5.41) is 1.38. The topological polar surface area (TPSA) is 30.2 Å². The van der Waals surface area contributed by atoms with Gasteiger partial charge >= 0.3 is 0 Å². The molecule has 0 unspecified atom stereocenters. The summed E-state index contributed by atoms with van der Waals surface area (Å²) in [6, 6.07) is 11.0. The minimum atomic E-state index is -0.0861. The van der Waals surface area contributed by atoms with Crippen molar-refractivity contribution in [2.24, 2.45) is 0 Å². The number of rotatable bonds is 3. The van der Waals surface area contributed by atoms with Crippen LogP contribution in [0, 0.1) is 0 Å². The van der Waals surface area contributed by atoms with Crippen LogP contribution in [0.4, 0.5) is 0 Å². The molecule has 0 aliphatic rings. The first kappa shape index (κ1) is 12.5. The lowest BCUT2D eigenvalue weighted by atomic mass is 10.2. The van der Waals surface area contributed by atoms with Crippen molar-refractivity contribution in [1.82, 2.24) is 0 Å². The first-order valence-electron chi connectivity index (χ1n) is 6.00. The minimum absolute atomic E-state index is 0.0861. The quantitative estimate of drug-likeness (QED) is 0.640. The largest absolute Gasteiger partial charge is 0.451 e. The number of benzene rings is 1. The Kier molecular flexibility index (Phi) is 3.17. The second kappa shape index (κ2) is 4.83. The highest BCUT2D eigenvalue weighted by Crippen LogP contribution is 2.29. The van der Waals surface area contributed by atoms with E-state index in [1.54, 1.807) is 12.1 Å². The lowest BCUT2D eigenvalue weighted by Crippen LogP contribution is -1.95. The first-order valence-corrected chi connectivity index (χ1v) is 7.20. The lowest BCUT2D eigenvalue weighted by Gasteiger charge is -1.92. The van der Waals surface area contributed by atoms with Crippen molar-refractivity contribution in [3.8, 4) is 0 Å². The van der Waals surface area contributed by atoms with Gasteiger partial charge in [-0.2, -0.15) is 0 Å². The van der Waals surface area contributed by atoms with Crippen LogP contribution >= 0.6 is 22.9 Å². The third kappa shape index (κ3) is 2.20. The average molecular weight is 291 g/mol. The zero-order valence-electron chi connectivity index (χ0n) is 10.3. The van der Waals surface area contributed by atoms with Gasteiger partial charge < -0.3 is 4.42 Å². The monoisotopic (exact) mass is 290 g/mol. The Hall–Kier alpha value is -1.58. The summed E-state index contributed by atoms with van der Waals surface area (Å²) in [5.41, 5.74) is 0.569. The van der Waals surface area contributed by atoms with E-state index in [0.29, 0.717) is 21.2 Å². The number of para-hydroxylation sites is 1. The van der Waals surface area contributed by atoms with Crippen molar-refractivity contribution in [3.05, 3.63) is 56.9 Å². The number of aryl methyl sites for hydroxylation is 1. The van der Waals surface area contributed by atoms with Crippen LogP contribution in [0.2, 0.25) is 5.02 Å². The van der Waals surface area contributed by atoms with Gasteiger partial charge in [-0.25, -0.2) is 0 Å². The van der Waals surface area contributed by atoms with Gasteiger partial charge in [0.1, 0.15) is 0 Å². The van der Waals surface area contributed by atoms with Gasteiger partial charge in [0.25, 0.3) is 0 Å². The number of furan rings is 1. The fraction of sp³-hybridized carbons (Fsp3) is 0.133. The van der Waals surface area contributed by atoms with Gasteiger partial charge in [0.05, 0.1) is 9.90 Å². The number of fused-ring (bicyclic) bond motifs is 1. The molecular formula is C15H11ClO2S. The zero-order chi connectivity index (χ0) is 13.4. The molecule has 19 heavy (non-hydrogen) atoms. The normalized spacial score (nSPS) is 11.1. The molecule has 0 N–H and O–H groups in total. The summed E-state index contributed by atoms with van der Waals surface area (Å²) >= 11 is 7.55. The number of halogens is 1. The van der Waals surface area contributed by atoms with Gasteiger partial charge in [0.2, 0.25) is 5.78 Å². The molecule has 0 amide bonds. The van der Waals surface area contributed by atoms with Crippen molar-refractivity contribution in [1.29, 1.82) is 0 Å². The van der Waals surface area contributed by atoms with E-state index >= 15 is 0 Å². The molecule has 2 heterocycles. The van der Waals surface area contributed by atoms with E-state index in [-0.39, 0.29) is 5.78 Å². The molecule has 0 saturated heterocycles. The van der Waals surface area contributed by atoms with Crippen LogP contribution in [0.15, 0.2) is 40.8 Å². The Morgan fingerprint density at radius 3 is 2.84 bits per heavy atom. The highest BCUT2D eigenvalue weighted by Gasteiger charge is 2.17. The van der Waals surface area contributed by atoms with E-state index in [4.69, 9.17) is 16.0 Å². The van der Waals surface area contributed by atoms with E-state index in [9.17, 15) is 4.79 Å². The van der Waals surface area contributed by atoms with E-state index in [1.807, 2.05) is 24.3 Å². The Balaban J connectivity index is 2.04. The fourth-order valence-electron chi connectivity index (χ4n) is 1.95. The molecule has 3 rings (SSSR count). The fourth-order valence-corrected chi connectivity index (χ4v) is 3.06. The zero-order valence-corrected chi connectivity index (χ0v) is 11.8. The second-order valence-corrected chi connectivity index (χ2v) is 5.79. The highest BCUT2D eigenvalue weighted by atomic mass is 35.5.